The quantitative estimate of drug-likeness (QED) is 0.665. The lowest BCUT2D eigenvalue weighted by molar-refractivity contribution is 0.558. The highest BCUT2D eigenvalue weighted by atomic mass is 32.2. The summed E-state index contributed by atoms with van der Waals surface area (Å²) >= 11 is 0. The van der Waals surface area contributed by atoms with E-state index in [2.05, 4.69) is 35.8 Å². The zero-order chi connectivity index (χ0) is 16.3. The number of rotatable bonds is 3. The first kappa shape index (κ1) is 18.2. The van der Waals surface area contributed by atoms with Crippen LogP contribution in [0.3, 0.4) is 0 Å². The topological polar surface area (TPSA) is 29.1 Å². The van der Waals surface area contributed by atoms with Crippen molar-refractivity contribution in [1.82, 2.24) is 4.72 Å². The third kappa shape index (κ3) is 5.78. The Hall–Kier alpha value is -0.893. The maximum absolute atomic E-state index is 12.5. The van der Waals surface area contributed by atoms with Crippen LogP contribution < -0.4 is 4.72 Å². The van der Waals surface area contributed by atoms with Crippen LogP contribution >= 0.6 is 0 Å². The summed E-state index contributed by atoms with van der Waals surface area (Å²) < 4.78 is 15.4. The van der Waals surface area contributed by atoms with Gasteiger partial charge >= 0.3 is 0 Å². The largest absolute Gasteiger partial charge is 0.242 e. The summed E-state index contributed by atoms with van der Waals surface area (Å²) in [6.45, 7) is 14.6. The number of nitrogens with one attached hydrogen (secondary N) is 1. The van der Waals surface area contributed by atoms with E-state index >= 15 is 0 Å². The van der Waals surface area contributed by atoms with E-state index in [1.807, 2.05) is 58.0 Å². The molecule has 0 bridgehead atoms. The minimum atomic E-state index is -1.50. The van der Waals surface area contributed by atoms with Crippen LogP contribution in [-0.2, 0) is 16.5 Å². The Morgan fingerprint density at radius 3 is 2.00 bits per heavy atom. The predicted octanol–water partition coefficient (Wildman–Crippen LogP) is 3.83. The molecule has 0 aromatic heterocycles. The number of hydrogen-bond acceptors (Lipinski definition) is 1. The van der Waals surface area contributed by atoms with Crippen LogP contribution in [0.1, 0.15) is 33.3 Å². The summed E-state index contributed by atoms with van der Waals surface area (Å²) in [6.07, 6.45) is 0. The summed E-state index contributed by atoms with van der Waals surface area (Å²) in [7, 11) is -2.67. The third-order valence-corrected chi connectivity index (χ3v) is 5.47. The van der Waals surface area contributed by atoms with Gasteiger partial charge in [-0.1, -0.05) is 55.9 Å². The van der Waals surface area contributed by atoms with E-state index in [-0.39, 0.29) is 4.75 Å². The minimum absolute atomic E-state index is 0.323. The van der Waals surface area contributed by atoms with Crippen LogP contribution in [0.4, 0.5) is 0 Å². The van der Waals surface area contributed by atoms with E-state index in [1.54, 1.807) is 0 Å². The van der Waals surface area contributed by atoms with Crippen molar-refractivity contribution in [3.05, 3.63) is 35.9 Å². The Balaban J connectivity index is 3.23. The molecular formula is C17H27NOSSi. The molecular weight excluding hydrogens is 294 g/mol. The van der Waals surface area contributed by atoms with E-state index in [4.69, 9.17) is 0 Å². The standard InChI is InChI=1S/C17H27NOSSi/c1-16(2,3)20(19)18-17(4,13-14-21(5,6)7)15-11-9-8-10-12-15/h8-12,18H,1-7H3/t17-,20+/m1/s1. The molecule has 0 aliphatic carbocycles. The summed E-state index contributed by atoms with van der Waals surface area (Å²) in [5, 5.41) is 0. The Kier molecular flexibility index (Phi) is 5.60. The van der Waals surface area contributed by atoms with Gasteiger partial charge in [0.15, 0.2) is 0 Å². The Labute approximate surface area is 133 Å². The molecule has 0 saturated heterocycles. The average molecular weight is 322 g/mol. The molecule has 0 aliphatic rings. The van der Waals surface area contributed by atoms with Gasteiger partial charge in [-0.05, 0) is 33.3 Å². The maximum atomic E-state index is 12.5. The van der Waals surface area contributed by atoms with Crippen molar-refractivity contribution in [3.8, 4) is 11.5 Å². The molecule has 0 radical (unpaired) electrons. The van der Waals surface area contributed by atoms with Crippen LogP contribution in [0.15, 0.2) is 30.3 Å². The van der Waals surface area contributed by atoms with Gasteiger partial charge in [-0.25, -0.2) is 8.93 Å². The lowest BCUT2D eigenvalue weighted by Gasteiger charge is -2.30. The lowest BCUT2D eigenvalue weighted by atomic mass is 9.94. The number of benzene rings is 1. The van der Waals surface area contributed by atoms with Gasteiger partial charge in [-0.15, -0.1) is 5.54 Å². The van der Waals surface area contributed by atoms with Crippen LogP contribution in [0.25, 0.3) is 0 Å². The first-order chi connectivity index (χ1) is 9.44. The van der Waals surface area contributed by atoms with Crippen molar-refractivity contribution in [2.24, 2.45) is 0 Å². The molecule has 21 heavy (non-hydrogen) atoms. The molecule has 1 N–H and O–H groups in total. The average Bonchev–Trinajstić information content (AvgIpc) is 2.35. The van der Waals surface area contributed by atoms with Gasteiger partial charge in [0.1, 0.15) is 13.6 Å². The zero-order valence-corrected chi connectivity index (χ0v) is 16.0. The summed E-state index contributed by atoms with van der Waals surface area (Å²) in [4.78, 5) is 0. The van der Waals surface area contributed by atoms with E-state index < -0.39 is 24.6 Å². The molecule has 0 fully saturated rings. The minimum Gasteiger partial charge on any atom is -0.242 e. The number of hydrogen-bond donors (Lipinski definition) is 1. The zero-order valence-electron chi connectivity index (χ0n) is 14.2. The lowest BCUT2D eigenvalue weighted by Crippen LogP contribution is -2.45. The first-order valence-corrected chi connectivity index (χ1v) is 11.9. The van der Waals surface area contributed by atoms with E-state index in [0.717, 1.165) is 5.56 Å². The van der Waals surface area contributed by atoms with Crippen LogP contribution in [0.2, 0.25) is 19.6 Å². The Bertz CT molecular complexity index is 560. The second kappa shape index (κ2) is 6.47. The highest BCUT2D eigenvalue weighted by Gasteiger charge is 2.31. The van der Waals surface area contributed by atoms with Crippen LogP contribution in [-0.4, -0.2) is 17.0 Å². The second-order valence-corrected chi connectivity index (χ2v) is 14.2. The molecule has 0 aliphatic heterocycles. The molecule has 2 atom stereocenters. The molecule has 0 amide bonds. The van der Waals surface area contributed by atoms with Gasteiger partial charge in [0.2, 0.25) is 0 Å². The molecule has 1 aromatic carbocycles. The predicted molar refractivity (Wildman–Crippen MR) is 95.9 cm³/mol. The van der Waals surface area contributed by atoms with Gasteiger partial charge in [0.25, 0.3) is 0 Å². The smallest absolute Gasteiger partial charge is 0.129 e. The maximum Gasteiger partial charge on any atom is 0.129 e. The van der Waals surface area contributed by atoms with Gasteiger partial charge in [0, 0.05) is 0 Å². The molecule has 4 heteroatoms. The third-order valence-electron chi connectivity index (χ3n) is 2.89. The van der Waals surface area contributed by atoms with Crippen molar-refractivity contribution in [2.45, 2.75) is 57.6 Å². The molecule has 1 aromatic rings. The van der Waals surface area contributed by atoms with Crippen molar-refractivity contribution in [1.29, 1.82) is 0 Å². The highest BCUT2D eigenvalue weighted by Crippen LogP contribution is 2.23. The SMILES string of the molecule is CC(C)(C)[S@](=O)N[C@](C)(C#C[Si](C)(C)C)c1ccccc1. The first-order valence-electron chi connectivity index (χ1n) is 7.24. The molecule has 0 heterocycles. The molecule has 1 rings (SSSR count). The van der Waals surface area contributed by atoms with Gasteiger partial charge in [-0.2, -0.15) is 0 Å². The monoisotopic (exact) mass is 321 g/mol. The van der Waals surface area contributed by atoms with Crippen LogP contribution in [0.5, 0.6) is 0 Å². The molecule has 0 spiro atoms. The van der Waals surface area contributed by atoms with Gasteiger partial charge in [-0.3, -0.25) is 0 Å². The van der Waals surface area contributed by atoms with E-state index in [1.165, 1.54) is 0 Å². The fourth-order valence-corrected chi connectivity index (χ4v) is 3.05. The van der Waals surface area contributed by atoms with E-state index in [9.17, 15) is 4.21 Å². The summed E-state index contributed by atoms with van der Waals surface area (Å²) in [5.41, 5.74) is 3.86. The highest BCUT2D eigenvalue weighted by molar-refractivity contribution is 7.84. The van der Waals surface area contributed by atoms with Crippen molar-refractivity contribution in [2.75, 3.05) is 0 Å². The summed E-state index contributed by atoms with van der Waals surface area (Å²) in [6, 6.07) is 10.0. The van der Waals surface area contributed by atoms with Crippen molar-refractivity contribution < 1.29 is 4.21 Å². The van der Waals surface area contributed by atoms with Crippen molar-refractivity contribution >= 4 is 19.1 Å². The van der Waals surface area contributed by atoms with Crippen molar-refractivity contribution in [3.63, 3.8) is 0 Å². The van der Waals surface area contributed by atoms with Gasteiger partial charge in [0.05, 0.1) is 15.7 Å². The molecule has 0 saturated carbocycles. The Morgan fingerprint density at radius 1 is 1.05 bits per heavy atom. The van der Waals surface area contributed by atoms with Gasteiger partial charge < -0.3 is 0 Å². The fraction of sp³-hybridized carbons (Fsp3) is 0.529. The Morgan fingerprint density at radius 2 is 1.57 bits per heavy atom. The molecule has 116 valence electrons. The normalized spacial score (nSPS) is 16.5. The van der Waals surface area contributed by atoms with Crippen LogP contribution in [0, 0.1) is 11.5 Å². The molecule has 2 nitrogen and oxygen atoms in total. The van der Waals surface area contributed by atoms with E-state index in [0.29, 0.717) is 0 Å². The molecule has 0 unspecified atom stereocenters. The fourth-order valence-electron chi connectivity index (χ4n) is 1.58. The summed E-state index contributed by atoms with van der Waals surface area (Å²) in [5.74, 6) is 3.36. The second-order valence-electron chi connectivity index (χ2n) is 7.47.